The highest BCUT2D eigenvalue weighted by molar-refractivity contribution is 5.98. The first-order chi connectivity index (χ1) is 14.5. The number of aryl methyl sites for hydroxylation is 1. The minimum Gasteiger partial charge on any atom is -0.455 e. The molecule has 152 valence electrons. The molecule has 1 N–H and O–H groups in total. The van der Waals surface area contributed by atoms with Crippen LogP contribution in [0.4, 0.5) is 11.4 Å². The van der Waals surface area contributed by atoms with Crippen LogP contribution in [0.1, 0.15) is 15.9 Å². The number of nitro groups is 1. The first kappa shape index (κ1) is 20.5. The third kappa shape index (κ3) is 4.99. The van der Waals surface area contributed by atoms with Crippen molar-refractivity contribution in [1.29, 1.82) is 0 Å². The second kappa shape index (κ2) is 9.33. The van der Waals surface area contributed by atoms with Gasteiger partial charge < -0.3 is 14.8 Å². The minimum absolute atomic E-state index is 0.178. The van der Waals surface area contributed by atoms with Gasteiger partial charge in [-0.25, -0.2) is 4.79 Å². The Morgan fingerprint density at radius 1 is 0.967 bits per heavy atom. The summed E-state index contributed by atoms with van der Waals surface area (Å²) in [6, 6.07) is 20.1. The van der Waals surface area contributed by atoms with E-state index in [2.05, 4.69) is 5.32 Å². The number of nitrogens with one attached hydrogen (secondary N) is 1. The molecule has 0 heterocycles. The monoisotopic (exact) mass is 406 g/mol. The smallest absolute Gasteiger partial charge is 0.345 e. The Balaban J connectivity index is 1.66. The minimum atomic E-state index is -0.941. The number of ether oxygens (including phenoxy) is 2. The molecule has 0 radical (unpaired) electrons. The average Bonchev–Trinajstić information content (AvgIpc) is 2.74. The molecule has 1 amide bonds. The lowest BCUT2D eigenvalue weighted by atomic mass is 10.1. The van der Waals surface area contributed by atoms with Gasteiger partial charge in [0.1, 0.15) is 11.3 Å². The molecule has 0 fully saturated rings. The van der Waals surface area contributed by atoms with Gasteiger partial charge in [-0.2, -0.15) is 0 Å². The van der Waals surface area contributed by atoms with Crippen LogP contribution < -0.4 is 10.1 Å². The molecule has 0 aliphatic carbocycles. The fourth-order valence-corrected chi connectivity index (χ4v) is 2.73. The SMILES string of the molecule is Cc1cccc([N+](=O)[O-])c1C(=O)OCC(=O)Nc1ccccc1Oc1ccccc1. The standard InChI is InChI=1S/C22H18N2O6/c1-15-8-7-12-18(24(27)28)21(15)22(26)29-14-20(25)23-17-11-5-6-13-19(17)30-16-9-3-2-4-10-16/h2-13H,14H2,1H3,(H,23,25). The van der Waals surface area contributed by atoms with Crippen molar-refractivity contribution in [3.05, 3.63) is 94.0 Å². The summed E-state index contributed by atoms with van der Waals surface area (Å²) in [5, 5.41) is 13.8. The molecule has 0 saturated carbocycles. The lowest BCUT2D eigenvalue weighted by Gasteiger charge is -2.12. The number of benzene rings is 3. The number of rotatable bonds is 7. The van der Waals surface area contributed by atoms with Crippen molar-refractivity contribution >= 4 is 23.3 Å². The number of nitro benzene ring substituents is 1. The summed E-state index contributed by atoms with van der Waals surface area (Å²) in [6.45, 7) is 0.949. The third-order valence-corrected chi connectivity index (χ3v) is 4.12. The van der Waals surface area contributed by atoms with Crippen LogP contribution in [-0.4, -0.2) is 23.4 Å². The normalized spacial score (nSPS) is 10.2. The van der Waals surface area contributed by atoms with Gasteiger partial charge in [-0.1, -0.05) is 42.5 Å². The van der Waals surface area contributed by atoms with Crippen molar-refractivity contribution < 1.29 is 24.0 Å². The first-order valence-electron chi connectivity index (χ1n) is 8.98. The van der Waals surface area contributed by atoms with E-state index in [1.165, 1.54) is 12.1 Å². The van der Waals surface area contributed by atoms with Gasteiger partial charge >= 0.3 is 5.97 Å². The molecule has 3 aromatic carbocycles. The van der Waals surface area contributed by atoms with E-state index in [9.17, 15) is 19.7 Å². The van der Waals surface area contributed by atoms with E-state index < -0.39 is 23.4 Å². The molecule has 8 heteroatoms. The molecule has 0 aromatic heterocycles. The second-order valence-electron chi connectivity index (χ2n) is 6.26. The van der Waals surface area contributed by atoms with Gasteiger partial charge in [0.2, 0.25) is 0 Å². The fourth-order valence-electron chi connectivity index (χ4n) is 2.73. The quantitative estimate of drug-likeness (QED) is 0.352. The molecule has 30 heavy (non-hydrogen) atoms. The zero-order valence-electron chi connectivity index (χ0n) is 16.0. The third-order valence-electron chi connectivity index (χ3n) is 4.12. The largest absolute Gasteiger partial charge is 0.455 e. The van der Waals surface area contributed by atoms with Gasteiger partial charge in [0, 0.05) is 6.07 Å². The van der Waals surface area contributed by atoms with Crippen molar-refractivity contribution in [3.8, 4) is 11.5 Å². The molecule has 0 bridgehead atoms. The van der Waals surface area contributed by atoms with E-state index in [1.54, 1.807) is 49.4 Å². The lowest BCUT2D eigenvalue weighted by Crippen LogP contribution is -2.22. The Morgan fingerprint density at radius 2 is 1.67 bits per heavy atom. The number of para-hydroxylation sites is 3. The molecule has 8 nitrogen and oxygen atoms in total. The zero-order chi connectivity index (χ0) is 21.5. The van der Waals surface area contributed by atoms with Crippen LogP contribution in [-0.2, 0) is 9.53 Å². The van der Waals surface area contributed by atoms with Gasteiger partial charge in [-0.3, -0.25) is 14.9 Å². The molecule has 3 rings (SSSR count). The summed E-state index contributed by atoms with van der Waals surface area (Å²) in [6.07, 6.45) is 0. The van der Waals surface area contributed by atoms with Crippen molar-refractivity contribution in [2.75, 3.05) is 11.9 Å². The summed E-state index contributed by atoms with van der Waals surface area (Å²) in [7, 11) is 0. The maximum absolute atomic E-state index is 12.3. The van der Waals surface area contributed by atoms with Crippen LogP contribution in [0.25, 0.3) is 0 Å². The molecule has 0 spiro atoms. The molecule has 0 unspecified atom stereocenters. The van der Waals surface area contributed by atoms with Crippen molar-refractivity contribution in [2.24, 2.45) is 0 Å². The fraction of sp³-hybridized carbons (Fsp3) is 0.0909. The number of nitrogens with zero attached hydrogens (tertiary/aromatic N) is 1. The van der Waals surface area contributed by atoms with Gasteiger partial charge in [0.15, 0.2) is 12.4 Å². The molecule has 0 aliphatic rings. The van der Waals surface area contributed by atoms with E-state index in [0.29, 0.717) is 22.7 Å². The van der Waals surface area contributed by atoms with Crippen molar-refractivity contribution in [3.63, 3.8) is 0 Å². The van der Waals surface area contributed by atoms with Crippen molar-refractivity contribution in [1.82, 2.24) is 0 Å². The number of carbonyl (C=O) groups is 2. The number of esters is 1. The van der Waals surface area contributed by atoms with Gasteiger partial charge in [-0.15, -0.1) is 0 Å². The Labute approximate surface area is 172 Å². The predicted molar refractivity (Wildman–Crippen MR) is 110 cm³/mol. The van der Waals surface area contributed by atoms with Crippen LogP contribution in [0.3, 0.4) is 0 Å². The lowest BCUT2D eigenvalue weighted by molar-refractivity contribution is -0.385. The maximum Gasteiger partial charge on any atom is 0.345 e. The Bertz CT molecular complexity index is 1080. The number of hydrogen-bond donors (Lipinski definition) is 1. The number of anilines is 1. The first-order valence-corrected chi connectivity index (χ1v) is 8.98. The highest BCUT2D eigenvalue weighted by Gasteiger charge is 2.24. The second-order valence-corrected chi connectivity index (χ2v) is 6.26. The van der Waals surface area contributed by atoms with Crippen LogP contribution in [0, 0.1) is 17.0 Å². The van der Waals surface area contributed by atoms with Gasteiger partial charge in [0.05, 0.1) is 10.6 Å². The highest BCUT2D eigenvalue weighted by atomic mass is 16.6. The number of hydrogen-bond acceptors (Lipinski definition) is 6. The Hall–Kier alpha value is -4.20. The van der Waals surface area contributed by atoms with Crippen molar-refractivity contribution in [2.45, 2.75) is 6.92 Å². The van der Waals surface area contributed by atoms with E-state index in [0.717, 1.165) is 0 Å². The van der Waals surface area contributed by atoms with E-state index in [-0.39, 0.29) is 11.3 Å². The van der Waals surface area contributed by atoms with E-state index in [4.69, 9.17) is 9.47 Å². The van der Waals surface area contributed by atoms with E-state index >= 15 is 0 Å². The van der Waals surface area contributed by atoms with Crippen LogP contribution in [0.5, 0.6) is 11.5 Å². The predicted octanol–water partition coefficient (Wildman–Crippen LogP) is 4.49. The molecular formula is C22H18N2O6. The van der Waals surface area contributed by atoms with E-state index in [1.807, 2.05) is 18.2 Å². The summed E-state index contributed by atoms with van der Waals surface area (Å²) in [5.74, 6) is -0.539. The van der Waals surface area contributed by atoms with Gasteiger partial charge in [-0.05, 0) is 36.8 Å². The van der Waals surface area contributed by atoms with Crippen LogP contribution >= 0.6 is 0 Å². The highest BCUT2D eigenvalue weighted by Crippen LogP contribution is 2.29. The maximum atomic E-state index is 12.3. The molecule has 3 aromatic rings. The molecule has 0 saturated heterocycles. The number of amides is 1. The Kier molecular flexibility index (Phi) is 6.39. The van der Waals surface area contributed by atoms with Crippen LogP contribution in [0.15, 0.2) is 72.8 Å². The van der Waals surface area contributed by atoms with Gasteiger partial charge in [0.25, 0.3) is 11.6 Å². The summed E-state index contributed by atoms with van der Waals surface area (Å²) in [5.41, 5.74) is 0.227. The summed E-state index contributed by atoms with van der Waals surface area (Å²) < 4.78 is 10.8. The topological polar surface area (TPSA) is 108 Å². The zero-order valence-corrected chi connectivity index (χ0v) is 16.0. The summed E-state index contributed by atoms with van der Waals surface area (Å²) >= 11 is 0. The average molecular weight is 406 g/mol. The number of carbonyl (C=O) groups excluding carboxylic acids is 2. The molecule has 0 atom stereocenters. The summed E-state index contributed by atoms with van der Waals surface area (Å²) in [4.78, 5) is 35.1. The molecular weight excluding hydrogens is 388 g/mol. The Morgan fingerprint density at radius 3 is 2.40 bits per heavy atom. The molecule has 0 aliphatic heterocycles. The van der Waals surface area contributed by atoms with Crippen LogP contribution in [0.2, 0.25) is 0 Å².